The quantitative estimate of drug-likeness (QED) is 0.402. The molecule has 3 heterocycles. The summed E-state index contributed by atoms with van der Waals surface area (Å²) in [6.07, 6.45) is -2.85. The van der Waals surface area contributed by atoms with E-state index >= 15 is 0 Å². The summed E-state index contributed by atoms with van der Waals surface area (Å²) in [5.41, 5.74) is 1.57. The van der Waals surface area contributed by atoms with Crippen LogP contribution in [0.5, 0.6) is 11.5 Å². The molecule has 2 saturated heterocycles. The molecule has 1 saturated carbocycles. The minimum absolute atomic E-state index is 0.0294. The Bertz CT molecular complexity index is 1520. The van der Waals surface area contributed by atoms with E-state index in [2.05, 4.69) is 15.5 Å². The lowest BCUT2D eigenvalue weighted by Crippen LogP contribution is -2.37. The van der Waals surface area contributed by atoms with E-state index in [-0.39, 0.29) is 42.3 Å². The Morgan fingerprint density at radius 1 is 1.05 bits per heavy atom. The van der Waals surface area contributed by atoms with E-state index in [4.69, 9.17) is 4.74 Å². The van der Waals surface area contributed by atoms with Crippen LogP contribution in [0.3, 0.4) is 0 Å². The molecular weight excluding hydrogens is 571 g/mol. The number of benzene rings is 2. The van der Waals surface area contributed by atoms with Crippen LogP contribution in [0.1, 0.15) is 46.6 Å². The van der Waals surface area contributed by atoms with E-state index in [0.29, 0.717) is 17.9 Å². The third-order valence-electron chi connectivity index (χ3n) is 7.70. The molecule has 0 radical (unpaired) electrons. The number of rotatable bonds is 8. The van der Waals surface area contributed by atoms with Crippen LogP contribution in [0.25, 0.3) is 10.6 Å². The number of halogens is 3. The summed E-state index contributed by atoms with van der Waals surface area (Å²) in [6.45, 7) is 1.79. The van der Waals surface area contributed by atoms with Crippen molar-refractivity contribution in [2.75, 3.05) is 13.1 Å². The smallest absolute Gasteiger partial charge is 0.394 e. The maximum absolute atomic E-state index is 13.3. The van der Waals surface area contributed by atoms with Gasteiger partial charge in [0.2, 0.25) is 11.8 Å². The Labute approximate surface area is 243 Å². The number of amides is 3. The first kappa shape index (κ1) is 28.1. The fourth-order valence-corrected chi connectivity index (χ4v) is 6.01. The van der Waals surface area contributed by atoms with E-state index in [1.165, 1.54) is 17.4 Å². The molecule has 3 amide bonds. The van der Waals surface area contributed by atoms with Gasteiger partial charge in [0, 0.05) is 55.2 Å². The number of nitrogens with zero attached hydrogens (tertiary/aromatic N) is 4. The molecule has 2 atom stereocenters. The Morgan fingerprint density at radius 2 is 1.81 bits per heavy atom. The lowest BCUT2D eigenvalue weighted by Gasteiger charge is -2.21. The lowest BCUT2D eigenvalue weighted by molar-refractivity contribution is -0.171. The largest absolute Gasteiger partial charge is 0.457 e. The maximum atomic E-state index is 13.3. The average Bonchev–Trinajstić information content (AvgIpc) is 3.42. The minimum atomic E-state index is -4.46. The molecule has 3 aliphatic rings. The van der Waals surface area contributed by atoms with Crippen molar-refractivity contribution in [1.29, 1.82) is 0 Å². The van der Waals surface area contributed by atoms with Crippen LogP contribution in [0.2, 0.25) is 0 Å². The lowest BCUT2D eigenvalue weighted by atomic mass is 10.1. The molecule has 2 aliphatic heterocycles. The second-order valence-electron chi connectivity index (χ2n) is 10.9. The molecule has 1 N–H and O–H groups in total. The van der Waals surface area contributed by atoms with Crippen molar-refractivity contribution in [3.8, 4) is 22.1 Å². The first-order valence-electron chi connectivity index (χ1n) is 13.7. The number of nitrogens with one attached hydrogen (secondary N) is 1. The number of aryl methyl sites for hydroxylation is 1. The highest BCUT2D eigenvalue weighted by atomic mass is 32.1. The highest BCUT2D eigenvalue weighted by Gasteiger charge is 2.47. The summed E-state index contributed by atoms with van der Waals surface area (Å²) in [5.74, 6) is -2.00. The van der Waals surface area contributed by atoms with Crippen LogP contribution >= 0.6 is 11.3 Å². The molecule has 0 bridgehead atoms. The summed E-state index contributed by atoms with van der Waals surface area (Å²) in [5, 5.41) is 12.7. The first-order chi connectivity index (χ1) is 20.0. The van der Waals surface area contributed by atoms with Gasteiger partial charge in [0.05, 0.1) is 12.0 Å². The number of aromatic nitrogens is 2. The van der Waals surface area contributed by atoms with Gasteiger partial charge in [-0.25, -0.2) is 0 Å². The van der Waals surface area contributed by atoms with Gasteiger partial charge >= 0.3 is 6.18 Å². The van der Waals surface area contributed by atoms with Crippen LogP contribution < -0.4 is 10.1 Å². The van der Waals surface area contributed by atoms with Gasteiger partial charge in [-0.3, -0.25) is 14.4 Å². The summed E-state index contributed by atoms with van der Waals surface area (Å²) in [6, 6.07) is 11.7. The van der Waals surface area contributed by atoms with Crippen molar-refractivity contribution in [2.45, 2.75) is 57.4 Å². The fraction of sp³-hybridized carbons (Fsp3) is 0.414. The molecule has 220 valence electrons. The zero-order valence-corrected chi connectivity index (χ0v) is 23.5. The predicted octanol–water partition coefficient (Wildman–Crippen LogP) is 4.71. The number of ether oxygens (including phenoxy) is 1. The van der Waals surface area contributed by atoms with Crippen molar-refractivity contribution < 1.29 is 32.3 Å². The molecule has 0 spiro atoms. The molecule has 2 unspecified atom stereocenters. The van der Waals surface area contributed by atoms with E-state index in [1.807, 2.05) is 24.0 Å². The van der Waals surface area contributed by atoms with Crippen molar-refractivity contribution >= 4 is 29.1 Å². The third kappa shape index (κ3) is 6.10. The Balaban J connectivity index is 1.22. The predicted molar refractivity (Wildman–Crippen MR) is 147 cm³/mol. The van der Waals surface area contributed by atoms with E-state index < -0.39 is 36.9 Å². The van der Waals surface area contributed by atoms with Gasteiger partial charge in [-0.2, -0.15) is 13.2 Å². The molecule has 2 aromatic carbocycles. The fourth-order valence-electron chi connectivity index (χ4n) is 5.31. The van der Waals surface area contributed by atoms with Crippen LogP contribution in [-0.2, 0) is 16.1 Å². The average molecular weight is 600 g/mol. The normalized spacial score (nSPS) is 20.9. The number of carbonyl (C=O) groups excluding carboxylic acids is 3. The highest BCUT2D eigenvalue weighted by Crippen LogP contribution is 2.37. The van der Waals surface area contributed by atoms with Gasteiger partial charge in [-0.1, -0.05) is 17.4 Å². The second kappa shape index (κ2) is 11.0. The van der Waals surface area contributed by atoms with E-state index in [9.17, 15) is 27.6 Å². The molecular formula is C29H28F3N5O4S. The van der Waals surface area contributed by atoms with E-state index in [0.717, 1.165) is 33.3 Å². The molecule has 13 heteroatoms. The van der Waals surface area contributed by atoms with E-state index in [1.54, 1.807) is 24.3 Å². The maximum Gasteiger partial charge on any atom is 0.394 e. The minimum Gasteiger partial charge on any atom is -0.457 e. The van der Waals surface area contributed by atoms with Crippen LogP contribution in [0.4, 0.5) is 13.2 Å². The zero-order chi connectivity index (χ0) is 29.6. The van der Waals surface area contributed by atoms with Crippen molar-refractivity contribution in [3.05, 3.63) is 58.6 Å². The highest BCUT2D eigenvalue weighted by molar-refractivity contribution is 7.14. The van der Waals surface area contributed by atoms with Gasteiger partial charge in [-0.05, 0) is 56.2 Å². The number of alkyl halides is 3. The molecule has 3 aromatic rings. The van der Waals surface area contributed by atoms with Gasteiger partial charge in [0.25, 0.3) is 5.91 Å². The van der Waals surface area contributed by atoms with Crippen LogP contribution in [0.15, 0.2) is 42.5 Å². The van der Waals surface area contributed by atoms with Crippen LogP contribution in [-0.4, -0.2) is 69.1 Å². The number of hydrogen-bond donors (Lipinski definition) is 1. The third-order valence-corrected chi connectivity index (χ3v) is 8.59. The number of carbonyl (C=O) groups is 3. The first-order valence-corrected chi connectivity index (χ1v) is 14.5. The summed E-state index contributed by atoms with van der Waals surface area (Å²) >= 11 is 1.45. The molecule has 42 heavy (non-hydrogen) atoms. The zero-order valence-electron chi connectivity index (χ0n) is 22.7. The molecule has 6 rings (SSSR count). The summed E-state index contributed by atoms with van der Waals surface area (Å²) in [7, 11) is 0. The van der Waals surface area contributed by atoms with Crippen molar-refractivity contribution in [3.63, 3.8) is 0 Å². The van der Waals surface area contributed by atoms with Gasteiger partial charge in [0.1, 0.15) is 21.5 Å². The monoisotopic (exact) mass is 599 g/mol. The number of likely N-dealkylation sites (tertiary alicyclic amines) is 2. The Kier molecular flexibility index (Phi) is 7.37. The van der Waals surface area contributed by atoms with Gasteiger partial charge in [-0.15, -0.1) is 10.2 Å². The van der Waals surface area contributed by atoms with Crippen LogP contribution in [0, 0.1) is 12.8 Å². The van der Waals surface area contributed by atoms with Crippen molar-refractivity contribution in [2.24, 2.45) is 5.92 Å². The standard InChI is InChI=1S/C29H28F3N5O4S/c1-16-34-35-28(42-16)17-4-8-23(9-5-17)41-24-10-18(27(40)33-21-12-26(39)37(15-21)22-6-7-22)2-3-19(24)13-36-14-20(11-25(36)38)29(30,31)32/h2-5,8-10,20-22H,6-7,11-15H2,1H3,(H,33,40). The molecule has 1 aliphatic carbocycles. The molecule has 1 aromatic heterocycles. The summed E-state index contributed by atoms with van der Waals surface area (Å²) < 4.78 is 46.0. The second-order valence-corrected chi connectivity index (χ2v) is 12.1. The summed E-state index contributed by atoms with van der Waals surface area (Å²) in [4.78, 5) is 40.9. The topological polar surface area (TPSA) is 105 Å². The van der Waals surface area contributed by atoms with Gasteiger partial charge < -0.3 is 19.9 Å². The molecule has 3 fully saturated rings. The van der Waals surface area contributed by atoms with Crippen molar-refractivity contribution in [1.82, 2.24) is 25.3 Å². The Hall–Kier alpha value is -4.00. The van der Waals surface area contributed by atoms with Gasteiger partial charge in [0.15, 0.2) is 0 Å². The number of hydrogen-bond acceptors (Lipinski definition) is 7. The SMILES string of the molecule is Cc1nnc(-c2ccc(Oc3cc(C(=O)NC4CC(=O)N(C5CC5)C4)ccc3CN3CC(C(F)(F)F)CC3=O)cc2)s1. The Morgan fingerprint density at radius 3 is 2.45 bits per heavy atom. The molecule has 9 nitrogen and oxygen atoms in total.